The average Bonchev–Trinajstić information content (AvgIpc) is 2.29. The zero-order chi connectivity index (χ0) is 12.4. The summed E-state index contributed by atoms with van der Waals surface area (Å²) < 4.78 is 0. The number of anilines is 1. The zero-order valence-corrected chi connectivity index (χ0v) is 9.77. The van der Waals surface area contributed by atoms with E-state index in [0.717, 1.165) is 10.8 Å². The van der Waals surface area contributed by atoms with E-state index in [2.05, 4.69) is 10.4 Å². The lowest BCUT2D eigenvalue weighted by Crippen LogP contribution is -2.36. The molecule has 1 aromatic carbocycles. The first-order valence-corrected chi connectivity index (χ1v) is 5.21. The summed E-state index contributed by atoms with van der Waals surface area (Å²) in [6.45, 7) is 0. The fraction of sp³-hybridized carbons (Fsp3) is 0.167. The van der Waals surface area contributed by atoms with Crippen LogP contribution in [-0.4, -0.2) is 30.0 Å². The molecule has 17 heavy (non-hydrogen) atoms. The van der Waals surface area contributed by atoms with Crippen LogP contribution in [0.1, 0.15) is 10.4 Å². The molecule has 0 saturated heterocycles. The number of fused-ring (bicyclic) bond motifs is 1. The van der Waals surface area contributed by atoms with Crippen molar-refractivity contribution in [3.8, 4) is 0 Å². The number of aromatic nitrogens is 1. The molecule has 88 valence electrons. The number of amides is 1. The minimum Gasteiger partial charge on any atom is -0.383 e. The van der Waals surface area contributed by atoms with Crippen molar-refractivity contribution in [1.29, 1.82) is 0 Å². The van der Waals surface area contributed by atoms with Gasteiger partial charge in [0.05, 0.1) is 5.56 Å². The van der Waals surface area contributed by atoms with Crippen molar-refractivity contribution < 1.29 is 4.79 Å². The first kappa shape index (κ1) is 11.3. The molecule has 2 rings (SSSR count). The maximum atomic E-state index is 11.9. The van der Waals surface area contributed by atoms with E-state index in [1.807, 2.05) is 24.3 Å². The first-order chi connectivity index (χ1) is 8.09. The molecule has 0 aliphatic heterocycles. The van der Waals surface area contributed by atoms with Crippen molar-refractivity contribution in [3.63, 3.8) is 0 Å². The van der Waals surface area contributed by atoms with Crippen LogP contribution < -0.4 is 11.2 Å². The van der Waals surface area contributed by atoms with E-state index in [-0.39, 0.29) is 5.91 Å². The summed E-state index contributed by atoms with van der Waals surface area (Å²) in [7, 11) is 3.51. The summed E-state index contributed by atoms with van der Waals surface area (Å²) in [5.74, 6) is 0.237. The summed E-state index contributed by atoms with van der Waals surface area (Å²) >= 11 is 0. The number of nitrogen functional groups attached to an aromatic ring is 1. The molecule has 0 atom stereocenters. The van der Waals surface area contributed by atoms with Crippen molar-refractivity contribution >= 4 is 22.5 Å². The number of benzene rings is 1. The molecule has 0 radical (unpaired) electrons. The van der Waals surface area contributed by atoms with Gasteiger partial charge >= 0.3 is 0 Å². The van der Waals surface area contributed by atoms with Crippen LogP contribution in [0.2, 0.25) is 0 Å². The predicted molar refractivity (Wildman–Crippen MR) is 67.3 cm³/mol. The lowest BCUT2D eigenvalue weighted by molar-refractivity contribution is 0.0858. The third-order valence-corrected chi connectivity index (χ3v) is 2.40. The third kappa shape index (κ3) is 2.19. The Morgan fingerprint density at radius 3 is 2.59 bits per heavy atom. The van der Waals surface area contributed by atoms with Gasteiger partial charge in [0.25, 0.3) is 5.91 Å². The van der Waals surface area contributed by atoms with Gasteiger partial charge in [-0.25, -0.2) is 9.99 Å². The van der Waals surface area contributed by atoms with Crippen molar-refractivity contribution in [2.24, 2.45) is 0 Å². The molecule has 1 heterocycles. The fourth-order valence-corrected chi connectivity index (χ4v) is 1.66. The Balaban J connectivity index is 2.55. The molecule has 5 nitrogen and oxygen atoms in total. The molecule has 0 saturated carbocycles. The number of rotatable bonds is 2. The van der Waals surface area contributed by atoms with E-state index in [4.69, 9.17) is 5.73 Å². The maximum absolute atomic E-state index is 11.9. The highest BCUT2D eigenvalue weighted by Gasteiger charge is 2.12. The third-order valence-electron chi connectivity index (χ3n) is 2.40. The lowest BCUT2D eigenvalue weighted by Gasteiger charge is -2.13. The van der Waals surface area contributed by atoms with Gasteiger partial charge in [0.1, 0.15) is 5.82 Å². The van der Waals surface area contributed by atoms with Crippen LogP contribution >= 0.6 is 0 Å². The van der Waals surface area contributed by atoms with E-state index in [1.54, 1.807) is 19.1 Å². The topological polar surface area (TPSA) is 71.2 Å². The molecule has 0 spiro atoms. The normalized spacial score (nSPS) is 10.8. The molecule has 3 N–H and O–H groups in total. The molecule has 1 amide bonds. The number of pyridine rings is 1. The second-order valence-corrected chi connectivity index (χ2v) is 3.94. The van der Waals surface area contributed by atoms with Gasteiger partial charge in [-0.3, -0.25) is 10.2 Å². The highest BCUT2D eigenvalue weighted by Crippen LogP contribution is 2.22. The number of nitrogens with one attached hydrogen (secondary N) is 1. The minimum absolute atomic E-state index is 0.196. The first-order valence-electron chi connectivity index (χ1n) is 5.21. The summed E-state index contributed by atoms with van der Waals surface area (Å²) in [6, 6.07) is 7.45. The van der Waals surface area contributed by atoms with Gasteiger partial charge in [0.2, 0.25) is 0 Å². The minimum atomic E-state index is -0.196. The second-order valence-electron chi connectivity index (χ2n) is 3.94. The Morgan fingerprint density at radius 1 is 1.29 bits per heavy atom. The van der Waals surface area contributed by atoms with Crippen LogP contribution in [0.25, 0.3) is 10.8 Å². The van der Waals surface area contributed by atoms with Gasteiger partial charge in [-0.2, -0.15) is 0 Å². The molecular formula is C12H14N4O. The van der Waals surface area contributed by atoms with Crippen LogP contribution in [0.5, 0.6) is 0 Å². The SMILES string of the molecule is CN(C)NC(=O)c1cnc(N)c2ccccc12. The van der Waals surface area contributed by atoms with Gasteiger partial charge in [-0.1, -0.05) is 24.3 Å². The highest BCUT2D eigenvalue weighted by molar-refractivity contribution is 6.08. The summed E-state index contributed by atoms with van der Waals surface area (Å²) in [5, 5.41) is 3.19. The molecule has 1 aromatic heterocycles. The Kier molecular flexibility index (Phi) is 2.93. The van der Waals surface area contributed by atoms with Gasteiger partial charge < -0.3 is 5.73 Å². The fourth-order valence-electron chi connectivity index (χ4n) is 1.66. The van der Waals surface area contributed by atoms with Gasteiger partial charge in [0.15, 0.2) is 0 Å². The van der Waals surface area contributed by atoms with Crippen LogP contribution in [0, 0.1) is 0 Å². The summed E-state index contributed by atoms with van der Waals surface area (Å²) in [4.78, 5) is 16.0. The zero-order valence-electron chi connectivity index (χ0n) is 9.77. The van der Waals surface area contributed by atoms with Crippen LogP contribution in [0.15, 0.2) is 30.5 Å². The number of carbonyl (C=O) groups excluding carboxylic acids is 1. The van der Waals surface area contributed by atoms with Crippen molar-refractivity contribution in [1.82, 2.24) is 15.4 Å². The summed E-state index contributed by atoms with van der Waals surface area (Å²) in [6.07, 6.45) is 1.50. The van der Waals surface area contributed by atoms with Crippen LogP contribution in [0.3, 0.4) is 0 Å². The van der Waals surface area contributed by atoms with Crippen LogP contribution in [-0.2, 0) is 0 Å². The number of hydrogen-bond acceptors (Lipinski definition) is 4. The van der Waals surface area contributed by atoms with Crippen LogP contribution in [0.4, 0.5) is 5.82 Å². The second kappa shape index (κ2) is 4.39. The van der Waals surface area contributed by atoms with E-state index >= 15 is 0 Å². The highest BCUT2D eigenvalue weighted by atomic mass is 16.2. The molecule has 0 aliphatic carbocycles. The molecule has 0 bridgehead atoms. The standard InChI is InChI=1S/C12H14N4O/c1-16(2)15-12(17)10-7-14-11(13)9-6-4-3-5-8(9)10/h3-7H,1-2H3,(H2,13,14)(H,15,17). The van der Waals surface area contributed by atoms with Gasteiger partial charge in [0, 0.05) is 25.7 Å². The largest absolute Gasteiger partial charge is 0.383 e. The van der Waals surface area contributed by atoms with Gasteiger partial charge in [-0.05, 0) is 5.39 Å². The monoisotopic (exact) mass is 230 g/mol. The number of hydrazine groups is 1. The number of hydrogen-bond donors (Lipinski definition) is 2. The Bertz CT molecular complexity index is 565. The molecule has 0 unspecified atom stereocenters. The maximum Gasteiger partial charge on any atom is 0.267 e. The quantitative estimate of drug-likeness (QED) is 0.756. The molecule has 0 fully saturated rings. The number of nitrogens with zero attached hydrogens (tertiary/aromatic N) is 2. The molecule has 5 heteroatoms. The van der Waals surface area contributed by atoms with E-state index in [1.165, 1.54) is 6.20 Å². The van der Waals surface area contributed by atoms with Crippen molar-refractivity contribution in [2.45, 2.75) is 0 Å². The van der Waals surface area contributed by atoms with Gasteiger partial charge in [-0.15, -0.1) is 0 Å². The Morgan fingerprint density at radius 2 is 1.94 bits per heavy atom. The summed E-state index contributed by atoms with van der Waals surface area (Å²) in [5.41, 5.74) is 8.97. The van der Waals surface area contributed by atoms with E-state index in [9.17, 15) is 4.79 Å². The van der Waals surface area contributed by atoms with Crippen molar-refractivity contribution in [2.75, 3.05) is 19.8 Å². The molecular weight excluding hydrogens is 216 g/mol. The molecule has 0 aliphatic rings. The number of nitrogens with two attached hydrogens (primary N) is 1. The Labute approximate surface area is 99.2 Å². The van der Waals surface area contributed by atoms with Crippen molar-refractivity contribution in [3.05, 3.63) is 36.0 Å². The average molecular weight is 230 g/mol. The van der Waals surface area contributed by atoms with E-state index in [0.29, 0.717) is 11.4 Å². The van der Waals surface area contributed by atoms with E-state index < -0.39 is 0 Å². The lowest BCUT2D eigenvalue weighted by atomic mass is 10.1. The predicted octanol–water partition coefficient (Wildman–Crippen LogP) is 1.02. The Hall–Kier alpha value is -2.14. The number of carbonyl (C=O) groups is 1. The molecule has 2 aromatic rings. The smallest absolute Gasteiger partial charge is 0.267 e.